The average Bonchev–Trinajstić information content (AvgIpc) is 2.53. The van der Waals surface area contributed by atoms with E-state index >= 15 is 0 Å². The second-order valence-electron chi connectivity index (χ2n) is 28.0. The Kier molecular flexibility index (Phi) is 65.5. The highest BCUT2D eigenvalue weighted by molar-refractivity contribution is 7.47. The van der Waals surface area contributed by atoms with E-state index in [0.717, 1.165) is 102 Å². The third-order valence-electron chi connectivity index (χ3n) is 17.5. The molecule has 0 amide bonds. The molecule has 0 aromatic rings. The number of hydrogen-bond acceptors (Lipinski definition) is 15. The molecule has 0 saturated heterocycles. The summed E-state index contributed by atoms with van der Waals surface area (Å²) in [7, 11) is -9.91. The Bertz CT molecular complexity index is 1820. The lowest BCUT2D eigenvalue weighted by molar-refractivity contribution is -0.161. The van der Waals surface area contributed by atoms with Gasteiger partial charge in [0, 0.05) is 25.7 Å². The molecule has 17 nitrogen and oxygen atoms in total. The minimum Gasteiger partial charge on any atom is -0.462 e. The van der Waals surface area contributed by atoms with Crippen molar-refractivity contribution in [2.24, 2.45) is 11.8 Å². The topological polar surface area (TPSA) is 237 Å². The van der Waals surface area contributed by atoms with Crippen LogP contribution in [0, 0.1) is 11.8 Å². The van der Waals surface area contributed by atoms with Crippen LogP contribution in [-0.2, 0) is 65.4 Å². The van der Waals surface area contributed by atoms with Crippen molar-refractivity contribution in [3.05, 3.63) is 0 Å². The molecule has 0 aliphatic carbocycles. The first kappa shape index (κ1) is 92.1. The SMILES string of the molecule is CCCCCCCCCCCCCCCCCCCC(=O)OC[C@H](COP(=O)(O)OC[C@@H](O)COP(=O)(O)OC[C@@H](COC(=O)CCCCCCCCCCC)OC(=O)CCCCCCCCCCC(C)C)OC(=O)CCCCCCCCCCCCCCCCC(C)C. The van der Waals surface area contributed by atoms with Gasteiger partial charge < -0.3 is 33.8 Å². The van der Waals surface area contributed by atoms with Crippen molar-refractivity contribution in [1.29, 1.82) is 0 Å². The normalized spacial score (nSPS) is 14.0. The Morgan fingerprint density at radius 3 is 0.723 bits per heavy atom. The summed E-state index contributed by atoms with van der Waals surface area (Å²) in [6.45, 7) is 9.55. The number of unbranched alkanes of at least 4 members (excludes halogenated alkanes) is 44. The van der Waals surface area contributed by atoms with Crippen molar-refractivity contribution in [2.45, 2.75) is 407 Å². The molecule has 94 heavy (non-hydrogen) atoms. The number of hydrogen-bond donors (Lipinski definition) is 3. The molecule has 0 rings (SSSR count). The molecule has 3 N–H and O–H groups in total. The molecule has 0 heterocycles. The van der Waals surface area contributed by atoms with Crippen LogP contribution in [0.3, 0.4) is 0 Å². The maximum atomic E-state index is 13.1. The van der Waals surface area contributed by atoms with E-state index in [1.807, 2.05) is 0 Å². The molecule has 0 aromatic heterocycles. The Labute approximate surface area is 575 Å². The van der Waals surface area contributed by atoms with E-state index in [0.29, 0.717) is 25.7 Å². The number of carbonyl (C=O) groups excluding carboxylic acids is 4. The highest BCUT2D eigenvalue weighted by Gasteiger charge is 2.30. The highest BCUT2D eigenvalue weighted by Crippen LogP contribution is 2.45. The molecule has 0 aromatic carbocycles. The van der Waals surface area contributed by atoms with Crippen LogP contribution in [0.25, 0.3) is 0 Å². The van der Waals surface area contributed by atoms with Gasteiger partial charge in [0.1, 0.15) is 19.3 Å². The molecule has 558 valence electrons. The molecular formula is C75H146O17P2. The van der Waals surface area contributed by atoms with E-state index in [2.05, 4.69) is 41.5 Å². The van der Waals surface area contributed by atoms with Crippen LogP contribution in [0.1, 0.15) is 388 Å². The first-order valence-corrected chi connectivity index (χ1v) is 42.0. The second kappa shape index (κ2) is 66.9. The predicted molar refractivity (Wildman–Crippen MR) is 381 cm³/mol. The molecule has 0 aliphatic heterocycles. The minimum absolute atomic E-state index is 0.105. The quantitative estimate of drug-likeness (QED) is 0.0222. The third-order valence-corrected chi connectivity index (χ3v) is 19.4. The zero-order valence-corrected chi connectivity index (χ0v) is 63.1. The van der Waals surface area contributed by atoms with Gasteiger partial charge in [0.05, 0.1) is 26.4 Å². The number of aliphatic hydroxyl groups is 1. The van der Waals surface area contributed by atoms with Crippen molar-refractivity contribution < 1.29 is 80.2 Å². The first-order valence-electron chi connectivity index (χ1n) is 39.0. The molecule has 2 unspecified atom stereocenters. The Hall–Kier alpha value is -1.94. The number of aliphatic hydroxyl groups excluding tert-OH is 1. The molecule has 0 fully saturated rings. The van der Waals surface area contributed by atoms with Gasteiger partial charge in [-0.05, 0) is 37.5 Å². The number of carbonyl (C=O) groups is 4. The molecule has 0 spiro atoms. The standard InChI is InChI=1S/C75H146O17P2/c1-7-9-11-13-15-17-18-19-20-21-22-26-29-33-40-46-52-58-73(78)86-64-70(91-74(79)59-53-47-41-34-30-27-24-23-25-28-32-37-43-49-55-67(3)4)65-89-93(81,82)87-61-69(76)62-88-94(83,84)90-66-71(63-85-72(77)57-51-45-39-31-16-14-12-10-8-2)92-75(80)60-54-48-42-36-35-38-44-50-56-68(5)6/h67-71,76H,7-66H2,1-6H3,(H,81,82)(H,83,84)/t69-,70-,71-/m1/s1. The predicted octanol–water partition coefficient (Wildman–Crippen LogP) is 21.9. The zero-order valence-electron chi connectivity index (χ0n) is 61.3. The van der Waals surface area contributed by atoms with Gasteiger partial charge in [-0.15, -0.1) is 0 Å². The summed E-state index contributed by atoms with van der Waals surface area (Å²) in [5.41, 5.74) is 0. The van der Waals surface area contributed by atoms with Gasteiger partial charge in [0.2, 0.25) is 0 Å². The fourth-order valence-corrected chi connectivity index (χ4v) is 13.1. The van der Waals surface area contributed by atoms with E-state index in [4.69, 9.17) is 37.0 Å². The average molecular weight is 1380 g/mol. The Morgan fingerprint density at radius 1 is 0.287 bits per heavy atom. The van der Waals surface area contributed by atoms with E-state index in [9.17, 15) is 43.2 Å². The summed E-state index contributed by atoms with van der Waals surface area (Å²) in [4.78, 5) is 72.7. The maximum Gasteiger partial charge on any atom is 0.472 e. The number of ether oxygens (including phenoxy) is 4. The minimum atomic E-state index is -4.96. The van der Waals surface area contributed by atoms with Gasteiger partial charge in [-0.1, -0.05) is 337 Å². The molecule has 0 radical (unpaired) electrons. The summed E-state index contributed by atoms with van der Waals surface area (Å²) in [5.74, 6) is -0.606. The molecule has 19 heteroatoms. The number of phosphoric acid groups is 2. The van der Waals surface area contributed by atoms with Gasteiger partial charge in [-0.2, -0.15) is 0 Å². The van der Waals surface area contributed by atoms with E-state index < -0.39 is 97.5 Å². The van der Waals surface area contributed by atoms with Crippen LogP contribution in [0.15, 0.2) is 0 Å². The van der Waals surface area contributed by atoms with Gasteiger partial charge in [0.25, 0.3) is 0 Å². The molecule has 0 aliphatic rings. The lowest BCUT2D eigenvalue weighted by Crippen LogP contribution is -2.30. The molecule has 5 atom stereocenters. The monoisotopic (exact) mass is 1380 g/mol. The van der Waals surface area contributed by atoms with Gasteiger partial charge in [-0.3, -0.25) is 37.3 Å². The smallest absolute Gasteiger partial charge is 0.462 e. The van der Waals surface area contributed by atoms with E-state index in [1.165, 1.54) is 205 Å². The van der Waals surface area contributed by atoms with Crippen LogP contribution in [0.2, 0.25) is 0 Å². The summed E-state index contributed by atoms with van der Waals surface area (Å²) in [5, 5.41) is 10.6. The van der Waals surface area contributed by atoms with Crippen LogP contribution < -0.4 is 0 Å². The fraction of sp³-hybridized carbons (Fsp3) is 0.947. The number of phosphoric ester groups is 2. The lowest BCUT2D eigenvalue weighted by atomic mass is 10.0. The summed E-state index contributed by atoms with van der Waals surface area (Å²) < 4.78 is 68.4. The van der Waals surface area contributed by atoms with Crippen LogP contribution in [0.5, 0.6) is 0 Å². The summed E-state index contributed by atoms with van der Waals surface area (Å²) in [6.07, 6.45) is 54.2. The van der Waals surface area contributed by atoms with Crippen molar-refractivity contribution >= 4 is 39.5 Å². The maximum absolute atomic E-state index is 13.1. The van der Waals surface area contributed by atoms with E-state index in [-0.39, 0.29) is 25.7 Å². The molecule has 0 bridgehead atoms. The number of rotatable bonds is 74. The largest absolute Gasteiger partial charge is 0.472 e. The first-order chi connectivity index (χ1) is 45.4. The van der Waals surface area contributed by atoms with Crippen molar-refractivity contribution in [3.8, 4) is 0 Å². The lowest BCUT2D eigenvalue weighted by Gasteiger charge is -2.21. The molecular weight excluding hydrogens is 1230 g/mol. The molecule has 0 saturated carbocycles. The second-order valence-corrected chi connectivity index (χ2v) is 30.9. The van der Waals surface area contributed by atoms with E-state index in [1.54, 1.807) is 0 Å². The number of esters is 4. The van der Waals surface area contributed by atoms with Crippen LogP contribution in [0.4, 0.5) is 0 Å². The highest BCUT2D eigenvalue weighted by atomic mass is 31.2. The van der Waals surface area contributed by atoms with Crippen molar-refractivity contribution in [2.75, 3.05) is 39.6 Å². The zero-order chi connectivity index (χ0) is 69.3. The van der Waals surface area contributed by atoms with Crippen molar-refractivity contribution in [1.82, 2.24) is 0 Å². The van der Waals surface area contributed by atoms with Gasteiger partial charge in [-0.25, -0.2) is 9.13 Å². The van der Waals surface area contributed by atoms with Crippen LogP contribution in [-0.4, -0.2) is 96.7 Å². The fourth-order valence-electron chi connectivity index (χ4n) is 11.5. The Balaban J connectivity index is 5.22. The summed E-state index contributed by atoms with van der Waals surface area (Å²) in [6, 6.07) is 0. The Morgan fingerprint density at radius 2 is 0.489 bits per heavy atom. The van der Waals surface area contributed by atoms with Gasteiger partial charge in [0.15, 0.2) is 12.2 Å². The van der Waals surface area contributed by atoms with Gasteiger partial charge >= 0.3 is 39.5 Å². The third kappa shape index (κ3) is 68.6. The van der Waals surface area contributed by atoms with Crippen molar-refractivity contribution in [3.63, 3.8) is 0 Å². The summed E-state index contributed by atoms with van der Waals surface area (Å²) >= 11 is 0. The van der Waals surface area contributed by atoms with Crippen LogP contribution >= 0.6 is 15.6 Å².